The molecule has 2 aromatic heterocycles. The van der Waals surface area contributed by atoms with Crippen molar-refractivity contribution < 1.29 is 0 Å². The molecule has 17 heavy (non-hydrogen) atoms. The van der Waals surface area contributed by atoms with Crippen LogP contribution in [0.25, 0.3) is 11.4 Å². The highest BCUT2D eigenvalue weighted by atomic mass is 35.5. The average Bonchev–Trinajstić information content (AvgIpc) is 2.29. The van der Waals surface area contributed by atoms with Crippen LogP contribution in [0.4, 0.5) is 0 Å². The van der Waals surface area contributed by atoms with E-state index in [1.165, 1.54) is 0 Å². The van der Waals surface area contributed by atoms with E-state index in [0.29, 0.717) is 11.0 Å². The number of aryl methyl sites for hydroxylation is 2. The van der Waals surface area contributed by atoms with Crippen LogP contribution in [0.2, 0.25) is 5.15 Å². The van der Waals surface area contributed by atoms with Crippen LogP contribution in [-0.4, -0.2) is 15.0 Å². The molecule has 0 aliphatic rings. The first-order chi connectivity index (χ1) is 8.19. The molecule has 0 saturated carbocycles. The van der Waals surface area contributed by atoms with Crippen LogP contribution in [0.5, 0.6) is 0 Å². The van der Waals surface area contributed by atoms with Crippen LogP contribution >= 0.6 is 11.6 Å². The monoisotopic (exact) mass is 247 g/mol. The van der Waals surface area contributed by atoms with Crippen molar-refractivity contribution in [3.05, 3.63) is 40.9 Å². The Hall–Kier alpha value is -1.48. The van der Waals surface area contributed by atoms with Gasteiger partial charge in [-0.1, -0.05) is 24.9 Å². The highest BCUT2D eigenvalue weighted by molar-refractivity contribution is 6.29. The lowest BCUT2D eigenvalue weighted by Crippen LogP contribution is -1.96. The van der Waals surface area contributed by atoms with E-state index in [1.807, 2.05) is 25.1 Å². The van der Waals surface area contributed by atoms with Crippen molar-refractivity contribution in [2.45, 2.75) is 26.7 Å². The highest BCUT2D eigenvalue weighted by Gasteiger charge is 2.05. The molecule has 0 aliphatic carbocycles. The Bertz CT molecular complexity index is 509. The minimum atomic E-state index is 0.485. The number of nitrogens with zero attached hydrogens (tertiary/aromatic N) is 3. The van der Waals surface area contributed by atoms with Crippen molar-refractivity contribution in [2.24, 2.45) is 0 Å². The van der Waals surface area contributed by atoms with Gasteiger partial charge in [0.25, 0.3) is 0 Å². The Labute approximate surface area is 106 Å². The molecular weight excluding hydrogens is 234 g/mol. The van der Waals surface area contributed by atoms with Gasteiger partial charge in [-0.05, 0) is 31.5 Å². The third-order valence-electron chi connectivity index (χ3n) is 2.42. The molecule has 0 spiro atoms. The fourth-order valence-electron chi connectivity index (χ4n) is 1.58. The van der Waals surface area contributed by atoms with Crippen molar-refractivity contribution in [3.63, 3.8) is 0 Å². The maximum atomic E-state index is 6.00. The molecule has 0 fully saturated rings. The Balaban J connectivity index is 2.40. The Morgan fingerprint density at radius 1 is 1.24 bits per heavy atom. The minimum absolute atomic E-state index is 0.485. The predicted molar refractivity (Wildman–Crippen MR) is 69.0 cm³/mol. The smallest absolute Gasteiger partial charge is 0.162 e. The van der Waals surface area contributed by atoms with Crippen LogP contribution in [0, 0.1) is 6.92 Å². The standard InChI is InChI=1S/C13H14ClN3/c1-3-4-11-7-12(14)17-13(16-11)10-6-5-9(2)15-8-10/h5-8H,3-4H2,1-2H3. The molecule has 3 nitrogen and oxygen atoms in total. The summed E-state index contributed by atoms with van der Waals surface area (Å²) < 4.78 is 0. The first-order valence-electron chi connectivity index (χ1n) is 5.65. The van der Waals surface area contributed by atoms with Crippen LogP contribution < -0.4 is 0 Å². The van der Waals surface area contributed by atoms with Gasteiger partial charge in [-0.25, -0.2) is 9.97 Å². The zero-order valence-electron chi connectivity index (χ0n) is 9.94. The van der Waals surface area contributed by atoms with Crippen molar-refractivity contribution in [1.29, 1.82) is 0 Å². The maximum absolute atomic E-state index is 6.00. The molecule has 0 radical (unpaired) electrons. The molecule has 0 atom stereocenters. The lowest BCUT2D eigenvalue weighted by Gasteiger charge is -2.04. The molecule has 4 heteroatoms. The van der Waals surface area contributed by atoms with Crippen molar-refractivity contribution in [3.8, 4) is 11.4 Å². The number of halogens is 1. The molecule has 88 valence electrons. The van der Waals surface area contributed by atoms with Gasteiger partial charge in [-0.3, -0.25) is 4.98 Å². The molecule has 0 aromatic carbocycles. The molecule has 0 saturated heterocycles. The number of aromatic nitrogens is 3. The van der Waals surface area contributed by atoms with E-state index in [2.05, 4.69) is 21.9 Å². The van der Waals surface area contributed by atoms with Gasteiger partial charge in [0, 0.05) is 23.1 Å². The summed E-state index contributed by atoms with van der Waals surface area (Å²) in [5, 5.41) is 0.485. The van der Waals surface area contributed by atoms with Gasteiger partial charge in [0.15, 0.2) is 5.82 Å². The van der Waals surface area contributed by atoms with Gasteiger partial charge in [-0.15, -0.1) is 0 Å². The first-order valence-corrected chi connectivity index (χ1v) is 6.03. The molecule has 0 unspecified atom stereocenters. The molecule has 0 aliphatic heterocycles. The zero-order valence-corrected chi connectivity index (χ0v) is 10.7. The van der Waals surface area contributed by atoms with Crippen LogP contribution in [0.15, 0.2) is 24.4 Å². The van der Waals surface area contributed by atoms with Crippen LogP contribution in [-0.2, 0) is 6.42 Å². The van der Waals surface area contributed by atoms with E-state index in [-0.39, 0.29) is 0 Å². The second-order valence-electron chi connectivity index (χ2n) is 3.94. The van der Waals surface area contributed by atoms with Crippen molar-refractivity contribution in [2.75, 3.05) is 0 Å². The molecule has 0 amide bonds. The lowest BCUT2D eigenvalue weighted by molar-refractivity contribution is 0.875. The lowest BCUT2D eigenvalue weighted by atomic mass is 10.2. The molecule has 2 aromatic rings. The number of pyridine rings is 1. The van der Waals surface area contributed by atoms with Gasteiger partial charge in [0.2, 0.25) is 0 Å². The second-order valence-corrected chi connectivity index (χ2v) is 4.33. The van der Waals surface area contributed by atoms with Crippen molar-refractivity contribution in [1.82, 2.24) is 15.0 Å². The summed E-state index contributed by atoms with van der Waals surface area (Å²) >= 11 is 6.00. The number of rotatable bonds is 3. The van der Waals surface area contributed by atoms with E-state index < -0.39 is 0 Å². The van der Waals surface area contributed by atoms with Crippen molar-refractivity contribution >= 4 is 11.6 Å². The normalized spacial score (nSPS) is 10.5. The van der Waals surface area contributed by atoms with E-state index >= 15 is 0 Å². The Morgan fingerprint density at radius 3 is 2.71 bits per heavy atom. The average molecular weight is 248 g/mol. The van der Waals surface area contributed by atoms with Gasteiger partial charge < -0.3 is 0 Å². The summed E-state index contributed by atoms with van der Waals surface area (Å²) in [6, 6.07) is 5.72. The first kappa shape index (κ1) is 12.0. The topological polar surface area (TPSA) is 38.7 Å². The third-order valence-corrected chi connectivity index (χ3v) is 2.62. The van der Waals surface area contributed by atoms with Gasteiger partial charge in [0.05, 0.1) is 0 Å². The maximum Gasteiger partial charge on any atom is 0.162 e. The fraction of sp³-hybridized carbons (Fsp3) is 0.308. The van der Waals surface area contributed by atoms with Crippen LogP contribution in [0.3, 0.4) is 0 Å². The van der Waals surface area contributed by atoms with Crippen LogP contribution in [0.1, 0.15) is 24.7 Å². The van der Waals surface area contributed by atoms with Gasteiger partial charge in [-0.2, -0.15) is 0 Å². The summed E-state index contributed by atoms with van der Waals surface area (Å²) in [5.74, 6) is 0.647. The van der Waals surface area contributed by atoms with Gasteiger partial charge >= 0.3 is 0 Å². The number of hydrogen-bond donors (Lipinski definition) is 0. The summed E-state index contributed by atoms with van der Waals surface area (Å²) in [5.41, 5.74) is 2.85. The minimum Gasteiger partial charge on any atom is -0.261 e. The van der Waals surface area contributed by atoms with E-state index in [0.717, 1.165) is 29.8 Å². The van der Waals surface area contributed by atoms with Gasteiger partial charge in [0.1, 0.15) is 5.15 Å². The SMILES string of the molecule is CCCc1cc(Cl)nc(-c2ccc(C)nc2)n1. The highest BCUT2D eigenvalue weighted by Crippen LogP contribution is 2.18. The molecule has 0 bridgehead atoms. The predicted octanol–water partition coefficient (Wildman–Crippen LogP) is 3.45. The fourth-order valence-corrected chi connectivity index (χ4v) is 1.78. The molecule has 2 rings (SSSR count). The molecule has 0 N–H and O–H groups in total. The van der Waals surface area contributed by atoms with E-state index in [9.17, 15) is 0 Å². The summed E-state index contributed by atoms with van der Waals surface area (Å²) in [6.07, 6.45) is 3.73. The quantitative estimate of drug-likeness (QED) is 0.780. The zero-order chi connectivity index (χ0) is 12.3. The third kappa shape index (κ3) is 3.01. The molecule has 2 heterocycles. The Morgan fingerprint density at radius 2 is 2.06 bits per heavy atom. The second kappa shape index (κ2) is 5.23. The largest absolute Gasteiger partial charge is 0.261 e. The summed E-state index contributed by atoms with van der Waals surface area (Å²) in [4.78, 5) is 13.0. The number of hydrogen-bond acceptors (Lipinski definition) is 3. The summed E-state index contributed by atoms with van der Waals surface area (Å²) in [7, 11) is 0. The summed E-state index contributed by atoms with van der Waals surface area (Å²) in [6.45, 7) is 4.06. The molecular formula is C13H14ClN3. The van der Waals surface area contributed by atoms with E-state index in [1.54, 1.807) is 6.20 Å². The van der Waals surface area contributed by atoms with E-state index in [4.69, 9.17) is 11.6 Å². The Kier molecular flexibility index (Phi) is 3.69.